The molecule has 0 atom stereocenters. The van der Waals surface area contributed by atoms with Crippen molar-refractivity contribution in [3.63, 3.8) is 0 Å². The quantitative estimate of drug-likeness (QED) is 0.0534. The van der Waals surface area contributed by atoms with Crippen molar-refractivity contribution in [1.29, 1.82) is 0 Å². The molecule has 0 saturated heterocycles. The van der Waals surface area contributed by atoms with E-state index in [4.69, 9.17) is 0 Å². The molecule has 0 aliphatic carbocycles. The molecule has 0 nitrogen and oxygen atoms in total. The van der Waals surface area contributed by atoms with Gasteiger partial charge in [0, 0.05) is 0 Å². The molecule has 0 aliphatic heterocycles. The summed E-state index contributed by atoms with van der Waals surface area (Å²) in [6, 6.07) is 0. The van der Waals surface area contributed by atoms with Crippen molar-refractivity contribution >= 4 is 0 Å². The molecule has 0 N–H and O–H groups in total. The lowest BCUT2D eigenvalue weighted by molar-refractivity contribution is 0.562. The molecular weight excluding hydrogens is 817 g/mol. The van der Waals surface area contributed by atoms with Gasteiger partial charge < -0.3 is 0 Å². The summed E-state index contributed by atoms with van der Waals surface area (Å²) in [5, 5.41) is 0. The van der Waals surface area contributed by atoms with Gasteiger partial charge in [-0.1, -0.05) is 445 Å². The van der Waals surface area contributed by atoms with Gasteiger partial charge in [-0.05, 0) is 0 Å². The number of hydrogen-bond acceptors (Lipinski definition) is 0. The van der Waals surface area contributed by atoms with Gasteiger partial charge in [0.05, 0.1) is 0 Å². The summed E-state index contributed by atoms with van der Waals surface area (Å²) >= 11 is 0. The van der Waals surface area contributed by atoms with Crippen molar-refractivity contribution in [3.05, 3.63) is 0 Å². The van der Waals surface area contributed by atoms with Crippen molar-refractivity contribution < 1.29 is 0 Å². The number of rotatable bonds is 44. The summed E-state index contributed by atoms with van der Waals surface area (Å²) in [7, 11) is 0. The standard InChI is InChI=1S/C12H26.C11H24.C10H22.C9H20.C8H18.C7H16.C6H14.C5H12/c1-3-5-7-9-11-12-10-8-6-4-2;1-3-5-7-9-11-10-8-6-4-2;1-3-5-7-9-10-8-6-4-2;1-3-5-7-9-8-6-4-2;1-3-5-7-8-6-4-2;1-3-5-7-6-4-2;1-3-5-6-4-2;1-3-5-4-2/h3-12H2,1-2H3;3-11H2,1-2H3;3-10H2,1-2H3;3-9H2,1-2H3;3-8H2,1-2H3;3-7H2,1-2H3;3-6H2,1-2H3;3-5H2,1-2H3. The maximum Gasteiger partial charge on any atom is -0.0533 e. The molecule has 0 heteroatoms. The number of unbranched alkanes of at least 4 members (excludes halogenated alkanes) is 44. The first-order valence-electron chi connectivity index (χ1n) is 33.3. The second-order valence-electron chi connectivity index (χ2n) is 20.7. The molecule has 0 saturated carbocycles. The predicted octanol–water partition coefficient (Wildman–Crippen LogP) is 28.5. The van der Waals surface area contributed by atoms with Crippen LogP contribution >= 0.6 is 0 Å². The van der Waals surface area contributed by atoms with E-state index in [-0.39, 0.29) is 0 Å². The van der Waals surface area contributed by atoms with Gasteiger partial charge in [-0.3, -0.25) is 0 Å². The van der Waals surface area contributed by atoms with E-state index in [1.807, 2.05) is 0 Å². The van der Waals surface area contributed by atoms with E-state index in [0.29, 0.717) is 0 Å². The molecule has 0 amide bonds. The van der Waals surface area contributed by atoms with Crippen molar-refractivity contribution in [2.24, 2.45) is 0 Å². The minimum atomic E-state index is 1.34. The van der Waals surface area contributed by atoms with Gasteiger partial charge in [0.2, 0.25) is 0 Å². The highest BCUT2D eigenvalue weighted by Gasteiger charge is 1.92. The summed E-state index contributed by atoms with van der Waals surface area (Å²) in [5.74, 6) is 0. The van der Waals surface area contributed by atoms with E-state index in [0.717, 1.165) is 0 Å². The summed E-state index contributed by atoms with van der Waals surface area (Å²) in [5.41, 5.74) is 0. The Kier molecular flexibility index (Phi) is 135. The van der Waals surface area contributed by atoms with Crippen LogP contribution in [0.4, 0.5) is 0 Å². The molecule has 0 fully saturated rings. The van der Waals surface area contributed by atoms with Crippen molar-refractivity contribution in [1.82, 2.24) is 0 Å². The maximum absolute atomic E-state index is 2.28. The summed E-state index contributed by atoms with van der Waals surface area (Å²) in [4.78, 5) is 0. The van der Waals surface area contributed by atoms with Crippen LogP contribution in [0.2, 0.25) is 0 Å². The van der Waals surface area contributed by atoms with E-state index in [2.05, 4.69) is 111 Å². The molecule has 0 aromatic rings. The molecule has 0 radical (unpaired) electrons. The van der Waals surface area contributed by atoms with Crippen LogP contribution in [0.25, 0.3) is 0 Å². The summed E-state index contributed by atoms with van der Waals surface area (Å²) in [6.07, 6.45) is 73.9. The second-order valence-corrected chi connectivity index (χ2v) is 20.7. The minimum absolute atomic E-state index is 1.34. The Labute approximate surface area is 442 Å². The fraction of sp³-hybridized carbons (Fsp3) is 1.00. The van der Waals surface area contributed by atoms with Gasteiger partial charge in [0.1, 0.15) is 0 Å². The van der Waals surface area contributed by atoms with Crippen LogP contribution in [0.1, 0.15) is 445 Å². The Morgan fingerprint density at radius 3 is 0.206 bits per heavy atom. The van der Waals surface area contributed by atoms with Crippen LogP contribution in [0.15, 0.2) is 0 Å². The number of hydrogen-bond donors (Lipinski definition) is 0. The van der Waals surface area contributed by atoms with E-state index >= 15 is 0 Å². The largest absolute Gasteiger partial charge is 0.0654 e. The topological polar surface area (TPSA) is 0 Å². The Hall–Kier alpha value is 0. The molecule has 0 aromatic carbocycles. The van der Waals surface area contributed by atoms with Crippen molar-refractivity contribution in [3.8, 4) is 0 Å². The maximum atomic E-state index is 2.28. The van der Waals surface area contributed by atoms with Crippen LogP contribution in [-0.4, -0.2) is 0 Å². The highest BCUT2D eigenvalue weighted by atomic mass is 14.0. The molecule has 0 bridgehead atoms. The lowest BCUT2D eigenvalue weighted by Crippen LogP contribution is -1.80. The molecule has 68 heavy (non-hydrogen) atoms. The first-order chi connectivity index (χ1) is 33.3. The van der Waals surface area contributed by atoms with Crippen molar-refractivity contribution in [2.75, 3.05) is 0 Å². The lowest BCUT2D eigenvalue weighted by atomic mass is 10.1. The Bertz CT molecular complexity index is 545. The molecule has 424 valence electrons. The fourth-order valence-electron chi connectivity index (χ4n) is 7.57. The van der Waals surface area contributed by atoms with Crippen molar-refractivity contribution in [2.45, 2.75) is 445 Å². The fourth-order valence-corrected chi connectivity index (χ4v) is 7.57. The monoisotopic (exact) mass is 969 g/mol. The third-order valence-electron chi connectivity index (χ3n) is 12.7. The highest BCUT2D eigenvalue weighted by Crippen LogP contribution is 2.12. The van der Waals surface area contributed by atoms with Gasteiger partial charge in [0.15, 0.2) is 0 Å². The first-order valence-corrected chi connectivity index (χ1v) is 33.3. The molecule has 0 heterocycles. The molecule has 0 spiro atoms. The normalized spacial score (nSPS) is 9.88. The van der Waals surface area contributed by atoms with E-state index < -0.39 is 0 Å². The summed E-state index contributed by atoms with van der Waals surface area (Å²) < 4.78 is 0. The third kappa shape index (κ3) is 144. The van der Waals surface area contributed by atoms with Gasteiger partial charge in [0.25, 0.3) is 0 Å². The van der Waals surface area contributed by atoms with Gasteiger partial charge >= 0.3 is 0 Å². The Morgan fingerprint density at radius 1 is 0.0735 bits per heavy atom. The predicted molar refractivity (Wildman–Crippen MR) is 331 cm³/mol. The lowest BCUT2D eigenvalue weighted by Gasteiger charge is -1.99. The smallest absolute Gasteiger partial charge is 0.0533 e. The zero-order chi connectivity index (χ0) is 52.8. The average Bonchev–Trinajstić information content (AvgIpc) is 3.36. The van der Waals surface area contributed by atoms with Gasteiger partial charge in [-0.25, -0.2) is 0 Å². The molecule has 0 aromatic heterocycles. The molecule has 0 aliphatic rings. The van der Waals surface area contributed by atoms with Crippen LogP contribution < -0.4 is 0 Å². The Morgan fingerprint density at radius 2 is 0.132 bits per heavy atom. The van der Waals surface area contributed by atoms with Gasteiger partial charge in [-0.2, -0.15) is 0 Å². The molecule has 0 unspecified atom stereocenters. The SMILES string of the molecule is CCCCC.CCCCCC.CCCCCCC.CCCCCCCC.CCCCCCCCC.CCCCCCCCCC.CCCCCCCCCCC.CCCCCCCCCCCC. The van der Waals surface area contributed by atoms with E-state index in [1.54, 1.807) is 0 Å². The zero-order valence-electron chi connectivity index (χ0n) is 52.8. The molecule has 0 rings (SSSR count). The van der Waals surface area contributed by atoms with E-state index in [9.17, 15) is 0 Å². The third-order valence-corrected chi connectivity index (χ3v) is 12.7. The van der Waals surface area contributed by atoms with Crippen LogP contribution in [-0.2, 0) is 0 Å². The van der Waals surface area contributed by atoms with Gasteiger partial charge in [-0.15, -0.1) is 0 Å². The molecular formula is C68H152. The van der Waals surface area contributed by atoms with E-state index in [1.165, 1.54) is 334 Å². The summed E-state index contributed by atoms with van der Waals surface area (Å²) in [6.45, 7) is 36.1. The van der Waals surface area contributed by atoms with Crippen LogP contribution in [0.3, 0.4) is 0 Å². The van der Waals surface area contributed by atoms with Crippen LogP contribution in [0.5, 0.6) is 0 Å². The highest BCUT2D eigenvalue weighted by molar-refractivity contribution is 4.47. The Balaban J connectivity index is -0.000000102. The second kappa shape index (κ2) is 108. The zero-order valence-corrected chi connectivity index (χ0v) is 52.8. The first kappa shape index (κ1) is 84.8. The minimum Gasteiger partial charge on any atom is -0.0654 e. The average molecular weight is 970 g/mol. The van der Waals surface area contributed by atoms with Crippen LogP contribution in [0, 0.1) is 0 Å².